The van der Waals surface area contributed by atoms with Crippen LogP contribution < -0.4 is 10.6 Å². The molecule has 1 heterocycles. The highest BCUT2D eigenvalue weighted by atomic mass is 35.5. The summed E-state index contributed by atoms with van der Waals surface area (Å²) in [7, 11) is 1.68. The molecule has 2 rings (SSSR count). The van der Waals surface area contributed by atoms with Gasteiger partial charge in [-0.25, -0.2) is 0 Å². The number of anilines is 1. The Balaban J connectivity index is 2.45. The summed E-state index contributed by atoms with van der Waals surface area (Å²) in [6.07, 6.45) is 0. The Morgan fingerprint density at radius 3 is 2.67 bits per heavy atom. The number of nitrogens with zero attached hydrogens (tertiary/aromatic N) is 1. The molecule has 0 aromatic heterocycles. The highest BCUT2D eigenvalue weighted by Crippen LogP contribution is 2.26. The number of nitrogens with one attached hydrogen (secondary N) is 2. The minimum absolute atomic E-state index is 0.173. The van der Waals surface area contributed by atoms with Crippen LogP contribution in [0.1, 0.15) is 24.2 Å². The monoisotopic (exact) mass is 309 g/mol. The van der Waals surface area contributed by atoms with Crippen LogP contribution in [0.25, 0.3) is 0 Å². The van der Waals surface area contributed by atoms with Gasteiger partial charge in [-0.05, 0) is 32.0 Å². The van der Waals surface area contributed by atoms with E-state index in [1.807, 2.05) is 0 Å². The zero-order valence-corrected chi connectivity index (χ0v) is 12.7. The van der Waals surface area contributed by atoms with Crippen molar-refractivity contribution in [3.8, 4) is 0 Å². The van der Waals surface area contributed by atoms with Crippen LogP contribution in [0.2, 0.25) is 5.02 Å². The maximum Gasteiger partial charge on any atom is 0.257 e. The van der Waals surface area contributed by atoms with Gasteiger partial charge in [0.1, 0.15) is 12.1 Å². The van der Waals surface area contributed by atoms with Crippen molar-refractivity contribution in [3.63, 3.8) is 0 Å². The van der Waals surface area contributed by atoms with E-state index < -0.39 is 23.3 Å². The van der Waals surface area contributed by atoms with Crippen LogP contribution in [0, 0.1) is 0 Å². The molecule has 0 radical (unpaired) electrons. The maximum atomic E-state index is 12.7. The largest absolute Gasteiger partial charge is 0.387 e. The first-order valence-corrected chi connectivity index (χ1v) is 6.78. The first kappa shape index (κ1) is 15.3. The summed E-state index contributed by atoms with van der Waals surface area (Å²) >= 11 is 5.94. The number of carbonyl (C=O) groups excluding carboxylic acids is 3. The summed E-state index contributed by atoms with van der Waals surface area (Å²) < 4.78 is 0. The van der Waals surface area contributed by atoms with Gasteiger partial charge in [-0.3, -0.25) is 19.7 Å². The lowest BCUT2D eigenvalue weighted by molar-refractivity contribution is -0.143. The lowest BCUT2D eigenvalue weighted by Crippen LogP contribution is -2.65. The molecule has 0 saturated carbocycles. The van der Waals surface area contributed by atoms with E-state index in [1.165, 1.54) is 11.0 Å². The van der Waals surface area contributed by atoms with Gasteiger partial charge in [-0.15, -0.1) is 0 Å². The van der Waals surface area contributed by atoms with Crippen molar-refractivity contribution in [3.05, 3.63) is 28.8 Å². The Kier molecular flexibility index (Phi) is 3.91. The molecule has 0 unspecified atom stereocenters. The Bertz CT molecular complexity index is 628. The van der Waals surface area contributed by atoms with Crippen LogP contribution in [-0.4, -0.2) is 41.8 Å². The lowest BCUT2D eigenvalue weighted by atomic mass is 9.97. The number of carbonyl (C=O) groups is 3. The van der Waals surface area contributed by atoms with E-state index >= 15 is 0 Å². The average Bonchev–Trinajstić information content (AvgIpc) is 2.42. The van der Waals surface area contributed by atoms with Crippen LogP contribution >= 0.6 is 11.6 Å². The molecule has 0 aliphatic carbocycles. The molecule has 1 fully saturated rings. The van der Waals surface area contributed by atoms with Gasteiger partial charge in [0, 0.05) is 17.8 Å². The molecule has 1 saturated heterocycles. The molecule has 21 heavy (non-hydrogen) atoms. The highest BCUT2D eigenvalue weighted by molar-refractivity contribution is 6.31. The van der Waals surface area contributed by atoms with Crippen molar-refractivity contribution in [2.75, 3.05) is 18.9 Å². The van der Waals surface area contributed by atoms with Crippen molar-refractivity contribution < 1.29 is 14.4 Å². The first-order valence-electron chi connectivity index (χ1n) is 6.41. The Hall–Kier alpha value is -2.08. The van der Waals surface area contributed by atoms with Crippen LogP contribution in [0.3, 0.4) is 0 Å². The fourth-order valence-corrected chi connectivity index (χ4v) is 2.34. The molecule has 0 atom stereocenters. The molecule has 1 aliphatic rings. The van der Waals surface area contributed by atoms with E-state index in [2.05, 4.69) is 10.6 Å². The van der Waals surface area contributed by atoms with Crippen LogP contribution in [0.5, 0.6) is 0 Å². The Morgan fingerprint density at radius 1 is 1.38 bits per heavy atom. The highest BCUT2D eigenvalue weighted by Gasteiger charge is 2.44. The second-order valence-electron chi connectivity index (χ2n) is 5.27. The molecule has 2 N–H and O–H groups in total. The van der Waals surface area contributed by atoms with Gasteiger partial charge in [0.25, 0.3) is 11.8 Å². The third-order valence-corrected chi connectivity index (χ3v) is 3.75. The van der Waals surface area contributed by atoms with Gasteiger partial charge in [0.05, 0.1) is 5.56 Å². The zero-order valence-electron chi connectivity index (χ0n) is 12.0. The third kappa shape index (κ3) is 2.71. The zero-order chi connectivity index (χ0) is 15.8. The fraction of sp³-hybridized carbons (Fsp3) is 0.357. The number of amides is 3. The summed E-state index contributed by atoms with van der Waals surface area (Å²) in [4.78, 5) is 37.5. The molecule has 0 spiro atoms. The van der Waals surface area contributed by atoms with E-state index in [1.54, 1.807) is 33.0 Å². The number of hydrogen-bond donors (Lipinski definition) is 2. The molecular formula is C14H16ClN3O3. The van der Waals surface area contributed by atoms with E-state index in [4.69, 9.17) is 11.6 Å². The van der Waals surface area contributed by atoms with E-state index in [0.717, 1.165) is 0 Å². The second kappa shape index (κ2) is 5.37. The van der Waals surface area contributed by atoms with Crippen LogP contribution in [0.15, 0.2) is 18.2 Å². The van der Waals surface area contributed by atoms with E-state index in [0.29, 0.717) is 16.3 Å². The summed E-state index contributed by atoms with van der Waals surface area (Å²) in [6.45, 7) is 3.01. The topological polar surface area (TPSA) is 78.5 Å². The van der Waals surface area contributed by atoms with E-state index in [9.17, 15) is 14.4 Å². The summed E-state index contributed by atoms with van der Waals surface area (Å²) in [5.41, 5.74) is -0.211. The predicted molar refractivity (Wildman–Crippen MR) is 79.3 cm³/mol. The minimum atomic E-state index is -1.11. The minimum Gasteiger partial charge on any atom is -0.387 e. The second-order valence-corrected chi connectivity index (χ2v) is 5.70. The molecule has 3 amide bonds. The predicted octanol–water partition coefficient (Wildman–Crippen LogP) is 1.26. The third-order valence-electron chi connectivity index (χ3n) is 3.51. The van der Waals surface area contributed by atoms with Gasteiger partial charge in [0.2, 0.25) is 5.91 Å². The SMILES string of the molecule is CNc1ccc(Cl)cc1C(=O)N1CC(=O)NC(=O)C1(C)C. The van der Waals surface area contributed by atoms with Gasteiger partial charge in [0.15, 0.2) is 0 Å². The number of piperazine rings is 1. The maximum absolute atomic E-state index is 12.7. The van der Waals surface area contributed by atoms with Crippen molar-refractivity contribution >= 4 is 35.0 Å². The summed E-state index contributed by atoms with van der Waals surface area (Å²) in [5.74, 6) is -1.42. The summed E-state index contributed by atoms with van der Waals surface area (Å²) in [5, 5.41) is 5.54. The van der Waals surface area contributed by atoms with Crippen molar-refractivity contribution in [2.45, 2.75) is 19.4 Å². The van der Waals surface area contributed by atoms with Crippen LogP contribution in [0.4, 0.5) is 5.69 Å². The van der Waals surface area contributed by atoms with Crippen LogP contribution in [-0.2, 0) is 9.59 Å². The first-order chi connectivity index (χ1) is 9.77. The number of imide groups is 1. The molecule has 1 aromatic rings. The molecule has 112 valence electrons. The van der Waals surface area contributed by atoms with Gasteiger partial charge in [-0.1, -0.05) is 11.6 Å². The molecule has 6 nitrogen and oxygen atoms in total. The van der Waals surface area contributed by atoms with E-state index in [-0.39, 0.29) is 6.54 Å². The smallest absolute Gasteiger partial charge is 0.257 e. The van der Waals surface area contributed by atoms with Gasteiger partial charge >= 0.3 is 0 Å². The molecule has 0 bridgehead atoms. The van der Waals surface area contributed by atoms with Gasteiger partial charge < -0.3 is 10.2 Å². The lowest BCUT2D eigenvalue weighted by Gasteiger charge is -2.40. The van der Waals surface area contributed by atoms with Crippen molar-refractivity contribution in [1.29, 1.82) is 0 Å². The van der Waals surface area contributed by atoms with Crippen molar-refractivity contribution in [2.24, 2.45) is 0 Å². The molecule has 1 aromatic carbocycles. The Labute approximate surface area is 127 Å². The quantitative estimate of drug-likeness (QED) is 0.806. The normalized spacial score (nSPS) is 17.4. The average molecular weight is 310 g/mol. The summed E-state index contributed by atoms with van der Waals surface area (Å²) in [6, 6.07) is 4.85. The number of rotatable bonds is 2. The molecular weight excluding hydrogens is 294 g/mol. The fourth-order valence-electron chi connectivity index (χ4n) is 2.17. The number of hydrogen-bond acceptors (Lipinski definition) is 4. The number of halogens is 1. The van der Waals surface area contributed by atoms with Gasteiger partial charge in [-0.2, -0.15) is 0 Å². The molecule has 7 heteroatoms. The Morgan fingerprint density at radius 2 is 2.05 bits per heavy atom. The molecule has 1 aliphatic heterocycles. The number of benzene rings is 1. The van der Waals surface area contributed by atoms with Crippen molar-refractivity contribution in [1.82, 2.24) is 10.2 Å². The standard InChI is InChI=1S/C14H16ClN3O3/c1-14(2)13(21)17-11(19)7-18(14)12(20)9-6-8(15)4-5-10(9)16-3/h4-6,16H,7H2,1-3H3,(H,17,19,21).